The SMILES string of the molecule is O=S(=O)(NC[C@@H](O)c1cccc2ccccc12)c1ccccc1F. The lowest BCUT2D eigenvalue weighted by Crippen LogP contribution is -2.29. The average molecular weight is 345 g/mol. The maximum atomic E-state index is 13.7. The minimum Gasteiger partial charge on any atom is -0.387 e. The Hall–Kier alpha value is -2.28. The summed E-state index contributed by atoms with van der Waals surface area (Å²) < 4.78 is 40.3. The number of rotatable bonds is 5. The largest absolute Gasteiger partial charge is 0.387 e. The molecule has 3 rings (SSSR count). The zero-order valence-electron chi connectivity index (χ0n) is 12.7. The molecule has 0 aromatic heterocycles. The molecular weight excluding hydrogens is 329 g/mol. The average Bonchev–Trinajstić information content (AvgIpc) is 2.59. The van der Waals surface area contributed by atoms with E-state index in [0.29, 0.717) is 5.56 Å². The van der Waals surface area contributed by atoms with Crippen LogP contribution in [0.2, 0.25) is 0 Å². The third-order valence-corrected chi connectivity index (χ3v) is 5.23. The fourth-order valence-corrected chi connectivity index (χ4v) is 3.70. The van der Waals surface area contributed by atoms with Gasteiger partial charge in [-0.15, -0.1) is 0 Å². The maximum absolute atomic E-state index is 13.7. The van der Waals surface area contributed by atoms with Gasteiger partial charge < -0.3 is 5.11 Å². The second kappa shape index (κ2) is 6.68. The predicted molar refractivity (Wildman–Crippen MR) is 90.5 cm³/mol. The molecule has 0 aliphatic carbocycles. The van der Waals surface area contributed by atoms with Crippen LogP contribution in [0.1, 0.15) is 11.7 Å². The van der Waals surface area contributed by atoms with Crippen molar-refractivity contribution in [1.29, 1.82) is 0 Å². The third kappa shape index (κ3) is 3.31. The molecule has 0 spiro atoms. The molecule has 6 heteroatoms. The molecule has 0 unspecified atom stereocenters. The molecule has 0 bridgehead atoms. The van der Waals surface area contributed by atoms with Crippen molar-refractivity contribution in [2.75, 3.05) is 6.54 Å². The molecule has 0 aliphatic heterocycles. The van der Waals surface area contributed by atoms with Crippen LogP contribution in [0.4, 0.5) is 4.39 Å². The molecule has 24 heavy (non-hydrogen) atoms. The smallest absolute Gasteiger partial charge is 0.243 e. The first-order valence-electron chi connectivity index (χ1n) is 7.39. The topological polar surface area (TPSA) is 66.4 Å². The van der Waals surface area contributed by atoms with Crippen LogP contribution < -0.4 is 4.72 Å². The van der Waals surface area contributed by atoms with Gasteiger partial charge in [0.05, 0.1) is 6.10 Å². The molecule has 3 aromatic carbocycles. The lowest BCUT2D eigenvalue weighted by atomic mass is 10.0. The highest BCUT2D eigenvalue weighted by Crippen LogP contribution is 2.24. The first-order chi connectivity index (χ1) is 11.5. The molecule has 124 valence electrons. The summed E-state index contributed by atoms with van der Waals surface area (Å²) in [5.74, 6) is -0.829. The number of benzene rings is 3. The molecular formula is C18H16FNO3S. The monoisotopic (exact) mass is 345 g/mol. The highest BCUT2D eigenvalue weighted by atomic mass is 32.2. The number of halogens is 1. The Morgan fingerprint density at radius 3 is 2.42 bits per heavy atom. The van der Waals surface area contributed by atoms with E-state index in [2.05, 4.69) is 4.72 Å². The van der Waals surface area contributed by atoms with E-state index in [1.54, 1.807) is 12.1 Å². The van der Waals surface area contributed by atoms with Crippen LogP contribution in [-0.2, 0) is 10.0 Å². The zero-order chi connectivity index (χ0) is 17.2. The molecule has 0 saturated carbocycles. The molecule has 0 heterocycles. The number of aliphatic hydroxyl groups excluding tert-OH is 1. The van der Waals surface area contributed by atoms with Gasteiger partial charge in [-0.2, -0.15) is 0 Å². The first kappa shape index (κ1) is 16.6. The van der Waals surface area contributed by atoms with Crippen molar-refractivity contribution in [2.24, 2.45) is 0 Å². The molecule has 0 saturated heterocycles. The van der Waals surface area contributed by atoms with E-state index in [9.17, 15) is 17.9 Å². The van der Waals surface area contributed by atoms with E-state index in [4.69, 9.17) is 0 Å². The zero-order valence-corrected chi connectivity index (χ0v) is 13.5. The minimum absolute atomic E-state index is 0.245. The number of sulfonamides is 1. The van der Waals surface area contributed by atoms with Crippen LogP contribution in [-0.4, -0.2) is 20.1 Å². The molecule has 1 atom stereocenters. The lowest BCUT2D eigenvalue weighted by molar-refractivity contribution is 0.183. The fourth-order valence-electron chi connectivity index (χ4n) is 2.58. The highest BCUT2D eigenvalue weighted by molar-refractivity contribution is 7.89. The van der Waals surface area contributed by atoms with Gasteiger partial charge in [0.25, 0.3) is 0 Å². The van der Waals surface area contributed by atoms with Crippen LogP contribution in [0.5, 0.6) is 0 Å². The van der Waals surface area contributed by atoms with Gasteiger partial charge in [-0.25, -0.2) is 17.5 Å². The maximum Gasteiger partial charge on any atom is 0.243 e. The summed E-state index contributed by atoms with van der Waals surface area (Å²) in [5.41, 5.74) is 0.615. The number of nitrogens with one attached hydrogen (secondary N) is 1. The van der Waals surface area contributed by atoms with Crippen LogP contribution in [0.25, 0.3) is 10.8 Å². The Kier molecular flexibility index (Phi) is 4.62. The summed E-state index contributed by atoms with van der Waals surface area (Å²) in [7, 11) is -4.03. The second-order valence-electron chi connectivity index (χ2n) is 5.37. The van der Waals surface area contributed by atoms with E-state index < -0.39 is 26.8 Å². The highest BCUT2D eigenvalue weighted by Gasteiger charge is 2.20. The van der Waals surface area contributed by atoms with Crippen LogP contribution in [0.3, 0.4) is 0 Å². The summed E-state index contributed by atoms with van der Waals surface area (Å²) in [6.07, 6.45) is -1.04. The van der Waals surface area contributed by atoms with Gasteiger partial charge >= 0.3 is 0 Å². The van der Waals surface area contributed by atoms with Gasteiger partial charge in [0.2, 0.25) is 10.0 Å². The fraction of sp³-hybridized carbons (Fsp3) is 0.111. The second-order valence-corrected chi connectivity index (χ2v) is 7.10. The Bertz CT molecular complexity index is 967. The summed E-state index contributed by atoms with van der Waals surface area (Å²) in [5, 5.41) is 12.2. The van der Waals surface area contributed by atoms with Crippen LogP contribution in [0, 0.1) is 5.82 Å². The quantitative estimate of drug-likeness (QED) is 0.747. The minimum atomic E-state index is -4.03. The van der Waals surface area contributed by atoms with E-state index in [1.807, 2.05) is 30.3 Å². The van der Waals surface area contributed by atoms with Crippen molar-refractivity contribution in [2.45, 2.75) is 11.0 Å². The molecule has 4 nitrogen and oxygen atoms in total. The van der Waals surface area contributed by atoms with E-state index in [1.165, 1.54) is 18.2 Å². The van der Waals surface area contributed by atoms with Crippen LogP contribution in [0.15, 0.2) is 71.6 Å². The predicted octanol–water partition coefficient (Wildman–Crippen LogP) is 2.99. The number of aliphatic hydroxyl groups is 1. The van der Waals surface area contributed by atoms with Crippen molar-refractivity contribution in [3.63, 3.8) is 0 Å². The molecule has 3 aromatic rings. The van der Waals surface area contributed by atoms with Crippen molar-refractivity contribution in [3.05, 3.63) is 78.1 Å². The van der Waals surface area contributed by atoms with Crippen molar-refractivity contribution in [3.8, 4) is 0 Å². The molecule has 2 N–H and O–H groups in total. The van der Waals surface area contributed by atoms with Gasteiger partial charge in [0.1, 0.15) is 10.7 Å². The van der Waals surface area contributed by atoms with Gasteiger partial charge in [0, 0.05) is 6.54 Å². The van der Waals surface area contributed by atoms with Crippen molar-refractivity contribution < 1.29 is 17.9 Å². The summed E-state index contributed by atoms with van der Waals surface area (Å²) >= 11 is 0. The van der Waals surface area contributed by atoms with E-state index >= 15 is 0 Å². The first-order valence-corrected chi connectivity index (χ1v) is 8.87. The summed E-state index contributed by atoms with van der Waals surface area (Å²) in [6, 6.07) is 18.1. The Labute approximate surface area is 139 Å². The molecule has 0 radical (unpaired) electrons. The summed E-state index contributed by atoms with van der Waals surface area (Å²) in [4.78, 5) is -0.435. The van der Waals surface area contributed by atoms with Gasteiger partial charge in [-0.05, 0) is 28.5 Å². The summed E-state index contributed by atoms with van der Waals surface area (Å²) in [6.45, 7) is -0.245. The van der Waals surface area contributed by atoms with Gasteiger partial charge in [0.15, 0.2) is 0 Å². The Balaban J connectivity index is 1.83. The van der Waals surface area contributed by atoms with Gasteiger partial charge in [-0.3, -0.25) is 0 Å². The Morgan fingerprint density at radius 1 is 0.958 bits per heavy atom. The van der Waals surface area contributed by atoms with Crippen molar-refractivity contribution >= 4 is 20.8 Å². The standard InChI is InChI=1S/C18H16FNO3S/c19-16-10-3-4-11-18(16)24(22,23)20-12-17(21)15-9-5-7-13-6-1-2-8-14(13)15/h1-11,17,20-21H,12H2/t17-/m1/s1. The molecule has 0 amide bonds. The number of hydrogen-bond donors (Lipinski definition) is 2. The van der Waals surface area contributed by atoms with E-state index in [0.717, 1.165) is 16.8 Å². The Morgan fingerprint density at radius 2 is 1.62 bits per heavy atom. The van der Waals surface area contributed by atoms with Crippen LogP contribution >= 0.6 is 0 Å². The number of fused-ring (bicyclic) bond motifs is 1. The molecule has 0 fully saturated rings. The third-order valence-electron chi connectivity index (χ3n) is 3.78. The van der Waals surface area contributed by atoms with Gasteiger partial charge in [-0.1, -0.05) is 54.6 Å². The van der Waals surface area contributed by atoms with Crippen molar-refractivity contribution in [1.82, 2.24) is 4.72 Å². The molecule has 0 aliphatic rings. The normalized spacial score (nSPS) is 13.1. The lowest BCUT2D eigenvalue weighted by Gasteiger charge is -2.15. The number of hydrogen-bond acceptors (Lipinski definition) is 3. The van der Waals surface area contributed by atoms with E-state index in [-0.39, 0.29) is 6.54 Å².